The molecule has 3 nitrogen and oxygen atoms in total. The highest BCUT2D eigenvalue weighted by atomic mass is 19.3. The molecule has 0 aliphatic heterocycles. The average molecular weight is 229 g/mol. The summed E-state index contributed by atoms with van der Waals surface area (Å²) in [6.07, 6.45) is 0.702. The first-order chi connectivity index (χ1) is 7.65. The van der Waals surface area contributed by atoms with E-state index in [4.69, 9.17) is 4.74 Å². The van der Waals surface area contributed by atoms with Crippen LogP contribution in [-0.2, 0) is 4.74 Å². The molecule has 0 unspecified atom stereocenters. The van der Waals surface area contributed by atoms with Crippen molar-refractivity contribution < 1.29 is 18.3 Å². The number of carbonyl (C=O) groups excluding carboxylic acids is 1. The fourth-order valence-electron chi connectivity index (χ4n) is 1.74. The predicted molar refractivity (Wildman–Crippen MR) is 53.6 cm³/mol. The molecular formula is C11H13F2NO2. The minimum atomic E-state index is -2.64. The molecule has 0 bridgehead atoms. The Kier molecular flexibility index (Phi) is 2.94. The van der Waals surface area contributed by atoms with Gasteiger partial charge in [-0.1, -0.05) is 0 Å². The molecule has 0 radical (unpaired) electrons. The van der Waals surface area contributed by atoms with Crippen molar-refractivity contribution in [3.63, 3.8) is 0 Å². The Hall–Kier alpha value is -1.39. The summed E-state index contributed by atoms with van der Waals surface area (Å²) in [6.45, 7) is 1.84. The summed E-state index contributed by atoms with van der Waals surface area (Å²) in [5, 5.41) is 0. The number of aromatic nitrogens is 1. The molecule has 1 aromatic heterocycles. The Morgan fingerprint density at radius 3 is 2.81 bits per heavy atom. The van der Waals surface area contributed by atoms with Gasteiger partial charge in [0.15, 0.2) is 0 Å². The number of carbonyl (C=O) groups is 1. The van der Waals surface area contributed by atoms with Gasteiger partial charge in [0.1, 0.15) is 0 Å². The van der Waals surface area contributed by atoms with Crippen LogP contribution in [0, 0.1) is 0 Å². The molecule has 0 amide bonds. The van der Waals surface area contributed by atoms with E-state index in [1.165, 1.54) is 10.6 Å². The number of hydrogen-bond acceptors (Lipinski definition) is 2. The Bertz CT molecular complexity index is 397. The molecule has 2 rings (SSSR count). The maximum atomic E-state index is 12.9. The smallest absolute Gasteiger partial charge is 0.340 e. The van der Waals surface area contributed by atoms with E-state index in [-0.39, 0.29) is 23.9 Å². The van der Waals surface area contributed by atoms with Gasteiger partial charge in [-0.3, -0.25) is 0 Å². The van der Waals surface area contributed by atoms with E-state index in [2.05, 4.69) is 0 Å². The van der Waals surface area contributed by atoms with Crippen molar-refractivity contribution in [2.45, 2.75) is 32.2 Å². The Labute approximate surface area is 92.0 Å². The predicted octanol–water partition coefficient (Wildman–Crippen LogP) is 2.94. The summed E-state index contributed by atoms with van der Waals surface area (Å²) in [6, 6.07) is 1.55. The van der Waals surface area contributed by atoms with Crippen LogP contribution in [0.1, 0.15) is 48.3 Å². The third-order valence-electron chi connectivity index (χ3n) is 2.60. The van der Waals surface area contributed by atoms with Gasteiger partial charge in [-0.15, -0.1) is 0 Å². The molecule has 0 N–H and O–H groups in total. The molecule has 16 heavy (non-hydrogen) atoms. The molecule has 1 aromatic rings. The van der Waals surface area contributed by atoms with Gasteiger partial charge >= 0.3 is 5.97 Å². The van der Waals surface area contributed by atoms with E-state index in [1.54, 1.807) is 13.1 Å². The molecule has 1 aliphatic rings. The number of halogens is 2. The maximum absolute atomic E-state index is 12.9. The standard InChI is InChI=1S/C11H13F2NO2/c1-2-16-11(15)8-5-6-14(7-3-4-7)9(8)10(12)13/h5-7,10H,2-4H2,1H3. The van der Waals surface area contributed by atoms with E-state index in [1.807, 2.05) is 0 Å². The zero-order valence-electron chi connectivity index (χ0n) is 8.95. The number of alkyl halides is 2. The highest BCUT2D eigenvalue weighted by Gasteiger charge is 2.31. The number of esters is 1. The summed E-state index contributed by atoms with van der Waals surface area (Å²) in [7, 11) is 0. The first kappa shape index (κ1) is 11.1. The topological polar surface area (TPSA) is 31.2 Å². The summed E-state index contributed by atoms with van der Waals surface area (Å²) in [5.41, 5.74) is -0.218. The van der Waals surface area contributed by atoms with Crippen LogP contribution in [0.2, 0.25) is 0 Å². The molecule has 1 aliphatic carbocycles. The Balaban J connectivity index is 2.33. The number of rotatable bonds is 4. The summed E-state index contributed by atoms with van der Waals surface area (Å²) >= 11 is 0. The van der Waals surface area contributed by atoms with E-state index < -0.39 is 12.4 Å². The minimum absolute atomic E-state index is 0.0104. The van der Waals surface area contributed by atoms with E-state index in [0.717, 1.165) is 12.8 Å². The van der Waals surface area contributed by atoms with Crippen LogP contribution in [0.3, 0.4) is 0 Å². The largest absolute Gasteiger partial charge is 0.462 e. The van der Waals surface area contributed by atoms with Crippen LogP contribution in [0.25, 0.3) is 0 Å². The molecule has 0 spiro atoms. The van der Waals surface area contributed by atoms with E-state index in [9.17, 15) is 13.6 Å². The van der Waals surface area contributed by atoms with Crippen LogP contribution < -0.4 is 0 Å². The van der Waals surface area contributed by atoms with E-state index >= 15 is 0 Å². The monoisotopic (exact) mass is 229 g/mol. The zero-order chi connectivity index (χ0) is 11.7. The van der Waals surface area contributed by atoms with E-state index in [0.29, 0.717) is 0 Å². The van der Waals surface area contributed by atoms with Gasteiger partial charge in [0, 0.05) is 12.2 Å². The molecule has 0 saturated heterocycles. The number of nitrogens with zero attached hydrogens (tertiary/aromatic N) is 1. The van der Waals surface area contributed by atoms with Gasteiger partial charge in [-0.25, -0.2) is 13.6 Å². The molecule has 0 aromatic carbocycles. The first-order valence-electron chi connectivity index (χ1n) is 5.31. The second kappa shape index (κ2) is 4.23. The lowest BCUT2D eigenvalue weighted by molar-refractivity contribution is 0.0513. The number of hydrogen-bond donors (Lipinski definition) is 0. The number of ether oxygens (including phenoxy) is 1. The molecule has 0 atom stereocenters. The highest BCUT2D eigenvalue weighted by Crippen LogP contribution is 2.39. The third-order valence-corrected chi connectivity index (χ3v) is 2.60. The molecule has 1 heterocycles. The van der Waals surface area contributed by atoms with Gasteiger partial charge in [0.05, 0.1) is 17.9 Å². The summed E-state index contributed by atoms with van der Waals surface area (Å²) < 4.78 is 32.0. The molecule has 1 fully saturated rings. The third kappa shape index (κ3) is 1.94. The Morgan fingerprint density at radius 1 is 1.62 bits per heavy atom. The van der Waals surface area contributed by atoms with Crippen molar-refractivity contribution in [1.82, 2.24) is 4.57 Å². The van der Waals surface area contributed by atoms with Crippen LogP contribution in [-0.4, -0.2) is 17.1 Å². The zero-order valence-corrected chi connectivity index (χ0v) is 8.95. The quantitative estimate of drug-likeness (QED) is 0.743. The normalized spacial score (nSPS) is 15.5. The van der Waals surface area contributed by atoms with Gasteiger partial charge in [-0.05, 0) is 25.8 Å². The first-order valence-corrected chi connectivity index (χ1v) is 5.31. The SMILES string of the molecule is CCOC(=O)c1ccn(C2CC2)c1C(F)F. The van der Waals surface area contributed by atoms with Crippen molar-refractivity contribution in [2.75, 3.05) is 6.61 Å². The van der Waals surface area contributed by atoms with Crippen LogP contribution in [0.15, 0.2) is 12.3 Å². The van der Waals surface area contributed by atoms with Crippen molar-refractivity contribution in [3.05, 3.63) is 23.5 Å². The lowest BCUT2D eigenvalue weighted by Crippen LogP contribution is -2.09. The minimum Gasteiger partial charge on any atom is -0.462 e. The maximum Gasteiger partial charge on any atom is 0.340 e. The van der Waals surface area contributed by atoms with Crippen molar-refractivity contribution in [1.29, 1.82) is 0 Å². The Morgan fingerprint density at radius 2 is 2.31 bits per heavy atom. The highest BCUT2D eigenvalue weighted by molar-refractivity contribution is 5.91. The summed E-state index contributed by atoms with van der Waals surface area (Å²) in [4.78, 5) is 11.5. The molecule has 1 saturated carbocycles. The lowest BCUT2D eigenvalue weighted by atomic mass is 10.2. The second-order valence-electron chi connectivity index (χ2n) is 3.77. The molecular weight excluding hydrogens is 216 g/mol. The molecule has 5 heteroatoms. The van der Waals surface area contributed by atoms with Gasteiger partial charge in [-0.2, -0.15) is 0 Å². The summed E-state index contributed by atoms with van der Waals surface area (Å²) in [5.74, 6) is -0.669. The van der Waals surface area contributed by atoms with Crippen LogP contribution in [0.4, 0.5) is 8.78 Å². The second-order valence-corrected chi connectivity index (χ2v) is 3.77. The fourth-order valence-corrected chi connectivity index (χ4v) is 1.74. The van der Waals surface area contributed by atoms with Crippen LogP contribution >= 0.6 is 0 Å². The van der Waals surface area contributed by atoms with Gasteiger partial charge < -0.3 is 9.30 Å². The van der Waals surface area contributed by atoms with Crippen LogP contribution in [0.5, 0.6) is 0 Å². The van der Waals surface area contributed by atoms with Crippen molar-refractivity contribution >= 4 is 5.97 Å². The van der Waals surface area contributed by atoms with Crippen molar-refractivity contribution in [3.8, 4) is 0 Å². The van der Waals surface area contributed by atoms with Crippen molar-refractivity contribution in [2.24, 2.45) is 0 Å². The average Bonchev–Trinajstić information content (AvgIpc) is 2.97. The lowest BCUT2D eigenvalue weighted by Gasteiger charge is -2.09. The molecule has 88 valence electrons. The van der Waals surface area contributed by atoms with Gasteiger partial charge in [0.25, 0.3) is 6.43 Å². The fraction of sp³-hybridized carbons (Fsp3) is 0.545. The van der Waals surface area contributed by atoms with Gasteiger partial charge in [0.2, 0.25) is 0 Å².